The first-order valence-corrected chi connectivity index (χ1v) is 31.5. The summed E-state index contributed by atoms with van der Waals surface area (Å²) in [6, 6.07) is 72.4. The van der Waals surface area contributed by atoms with Crippen molar-refractivity contribution in [2.45, 2.75) is 84.4 Å². The van der Waals surface area contributed by atoms with Gasteiger partial charge in [0.2, 0.25) is 0 Å². The maximum absolute atomic E-state index is 11.2. The molecule has 0 amide bonds. The van der Waals surface area contributed by atoms with Gasteiger partial charge in [0.1, 0.15) is 24.7 Å². The van der Waals surface area contributed by atoms with Gasteiger partial charge < -0.3 is 28.8 Å². The molecular weight excluding hydrogens is 1080 g/mol. The number of hydrogen-bond donors (Lipinski definition) is 2. The van der Waals surface area contributed by atoms with E-state index in [1.165, 1.54) is 54.7 Å². The number of aromatic nitrogens is 2. The summed E-state index contributed by atoms with van der Waals surface area (Å²) >= 11 is 4.95. The van der Waals surface area contributed by atoms with Crippen LogP contribution in [-0.2, 0) is 25.9 Å². The van der Waals surface area contributed by atoms with Gasteiger partial charge in [-0.25, -0.2) is 0 Å². The number of aryl methyl sites for hydroxylation is 4. The number of thioether (sulfide) groups is 2. The van der Waals surface area contributed by atoms with Crippen molar-refractivity contribution in [1.82, 2.24) is 9.13 Å². The molecule has 0 aliphatic rings. The summed E-state index contributed by atoms with van der Waals surface area (Å²) in [4.78, 5) is 4.43. The Morgan fingerprint density at radius 3 is 1.72 bits per heavy atom. The van der Waals surface area contributed by atoms with E-state index in [0.29, 0.717) is 17.3 Å². The number of aliphatic hydroxyl groups is 2. The van der Waals surface area contributed by atoms with E-state index >= 15 is 0 Å². The van der Waals surface area contributed by atoms with Crippen molar-refractivity contribution in [3.8, 4) is 11.5 Å². The molecule has 0 aliphatic carbocycles. The van der Waals surface area contributed by atoms with Crippen molar-refractivity contribution >= 4 is 113 Å². The molecule has 12 rings (SSSR count). The highest BCUT2D eigenvalue weighted by Crippen LogP contribution is 2.36. The number of nitrogens with zero attached hydrogens (tertiary/aromatic N) is 4. The summed E-state index contributed by atoms with van der Waals surface area (Å²) in [5.41, 5.74) is 9.37. The van der Waals surface area contributed by atoms with Gasteiger partial charge in [-0.2, -0.15) is 10.2 Å². The summed E-state index contributed by atoms with van der Waals surface area (Å²) in [5.74, 6) is 2.52. The van der Waals surface area contributed by atoms with Gasteiger partial charge in [-0.3, -0.25) is 0 Å². The molecule has 12 aromatic rings. The summed E-state index contributed by atoms with van der Waals surface area (Å²) < 4.78 is 17.6. The Hall–Kier alpha value is -7.77. The zero-order valence-corrected chi connectivity index (χ0v) is 49.2. The Bertz CT molecular complexity index is 4290. The Morgan fingerprint density at radius 1 is 0.470 bits per heavy atom. The van der Waals surface area contributed by atoms with Gasteiger partial charge in [0.05, 0.1) is 24.6 Å². The van der Waals surface area contributed by atoms with E-state index in [9.17, 15) is 10.2 Å². The standard InChI is InChI=1S/C72H66N4O4S3/c1-3-75-66-25-13-11-23-62(66)64-42-49(28-40-68(64)75)16-5-6-19-52-30-29-51-18-8-10-22-61(51)72(52)80-46-55(78)48-82-57-34-38-59(39-35-57)83-58-36-32-56(33-37-58)81-47-54(77)45-79-70-41-31-50-17-7-9-21-60(50)65(70)44-74-73-43-53-20-15-27-69-71(53)63-24-12-14-26-67(63)76(69)4-2/h7-15,17-18,20-44,54-55,77-78H,3-6,16,19,45-48H2,1-2H3. The predicted octanol–water partition coefficient (Wildman–Crippen LogP) is 17.5. The Balaban J connectivity index is 0.600. The fourth-order valence-electron chi connectivity index (χ4n) is 11.4. The molecule has 0 aliphatic heterocycles. The SMILES string of the molecule is CCn1c2ccccc2c2cc(CCCCc3ccc4ccccc4c3OCC(O)CSc3ccc(Sc4ccc(SCC(O)COc5ccc6ccccc6c5C=NN=Cc5cccc6c5c5ccccc5n6CC)cc4)cc3)ccc21. The van der Waals surface area contributed by atoms with Gasteiger partial charge in [0, 0.05) is 104 Å². The van der Waals surface area contributed by atoms with E-state index in [-0.39, 0.29) is 13.2 Å². The molecule has 10 aromatic carbocycles. The summed E-state index contributed by atoms with van der Waals surface area (Å²) in [5, 5.41) is 40.7. The molecule has 83 heavy (non-hydrogen) atoms. The molecule has 0 fully saturated rings. The third kappa shape index (κ3) is 12.6. The highest BCUT2D eigenvalue weighted by atomic mass is 32.2. The number of para-hydroxylation sites is 2. The molecule has 2 heterocycles. The summed E-state index contributed by atoms with van der Waals surface area (Å²) in [6.45, 7) is 6.57. The Morgan fingerprint density at radius 2 is 1.01 bits per heavy atom. The van der Waals surface area contributed by atoms with Gasteiger partial charge in [-0.1, -0.05) is 133 Å². The summed E-state index contributed by atoms with van der Waals surface area (Å²) in [6.07, 6.45) is 6.30. The third-order valence-corrected chi connectivity index (χ3v) is 18.8. The van der Waals surface area contributed by atoms with Crippen LogP contribution in [0.25, 0.3) is 65.2 Å². The van der Waals surface area contributed by atoms with E-state index in [0.717, 1.165) is 96.8 Å². The molecule has 416 valence electrons. The van der Waals surface area contributed by atoms with E-state index in [1.807, 2.05) is 30.5 Å². The maximum atomic E-state index is 11.2. The fourth-order valence-corrected chi connectivity index (χ4v) is 13.8. The number of hydrogen-bond acceptors (Lipinski definition) is 9. The number of fused-ring (bicyclic) bond motifs is 8. The van der Waals surface area contributed by atoms with Crippen molar-refractivity contribution in [3.05, 3.63) is 229 Å². The quantitative estimate of drug-likeness (QED) is 0.0269. The second-order valence-corrected chi connectivity index (χ2v) is 24.2. The molecule has 2 N–H and O–H groups in total. The molecule has 8 nitrogen and oxygen atoms in total. The number of rotatable bonds is 24. The van der Waals surface area contributed by atoms with Crippen LogP contribution in [0.4, 0.5) is 0 Å². The lowest BCUT2D eigenvalue weighted by Crippen LogP contribution is -2.20. The van der Waals surface area contributed by atoms with Crippen LogP contribution in [0.3, 0.4) is 0 Å². The number of unbranched alkanes of at least 4 members (excludes halogenated alkanes) is 1. The van der Waals surface area contributed by atoms with Gasteiger partial charge in [-0.05, 0) is 152 Å². The smallest absolute Gasteiger partial charge is 0.130 e. The van der Waals surface area contributed by atoms with Crippen molar-refractivity contribution in [2.75, 3.05) is 24.7 Å². The number of benzene rings is 10. The third-order valence-electron chi connectivity index (χ3n) is 15.4. The predicted molar refractivity (Wildman–Crippen MR) is 351 cm³/mol. The Labute approximate surface area is 497 Å². The van der Waals surface area contributed by atoms with Crippen molar-refractivity contribution < 1.29 is 19.7 Å². The van der Waals surface area contributed by atoms with Crippen LogP contribution in [0.15, 0.2) is 236 Å². The van der Waals surface area contributed by atoms with Crippen LogP contribution in [-0.4, -0.2) is 68.7 Å². The molecule has 2 aromatic heterocycles. The monoisotopic (exact) mass is 1150 g/mol. The van der Waals surface area contributed by atoms with Gasteiger partial charge in [0.15, 0.2) is 0 Å². The van der Waals surface area contributed by atoms with Crippen molar-refractivity contribution in [2.24, 2.45) is 10.2 Å². The van der Waals surface area contributed by atoms with Crippen LogP contribution < -0.4 is 9.47 Å². The fraction of sp³-hybridized carbons (Fsp3) is 0.194. The maximum Gasteiger partial charge on any atom is 0.130 e. The Kier molecular flexibility index (Phi) is 17.6. The van der Waals surface area contributed by atoms with Crippen LogP contribution in [0.5, 0.6) is 11.5 Å². The molecule has 0 radical (unpaired) electrons. The van der Waals surface area contributed by atoms with E-state index < -0.39 is 12.2 Å². The van der Waals surface area contributed by atoms with Crippen LogP contribution in [0.2, 0.25) is 0 Å². The largest absolute Gasteiger partial charge is 0.490 e. The molecule has 0 spiro atoms. The van der Waals surface area contributed by atoms with Gasteiger partial charge in [0.25, 0.3) is 0 Å². The second kappa shape index (κ2) is 26.2. The summed E-state index contributed by atoms with van der Waals surface area (Å²) in [7, 11) is 0. The van der Waals surface area contributed by atoms with E-state index in [2.05, 4.69) is 215 Å². The molecule has 2 unspecified atom stereocenters. The van der Waals surface area contributed by atoms with Gasteiger partial charge in [-0.15, -0.1) is 23.5 Å². The number of ether oxygens (including phenoxy) is 2. The van der Waals surface area contributed by atoms with Gasteiger partial charge >= 0.3 is 0 Å². The zero-order valence-electron chi connectivity index (χ0n) is 46.7. The second-order valence-electron chi connectivity index (χ2n) is 20.9. The minimum atomic E-state index is -0.698. The minimum Gasteiger partial charge on any atom is -0.490 e. The average molecular weight is 1150 g/mol. The molecule has 0 saturated carbocycles. The molecule has 11 heteroatoms. The van der Waals surface area contributed by atoms with Crippen LogP contribution in [0.1, 0.15) is 48.9 Å². The lowest BCUT2D eigenvalue weighted by molar-refractivity contribution is 0.126. The first-order chi connectivity index (χ1) is 40.9. The van der Waals surface area contributed by atoms with Crippen LogP contribution >= 0.6 is 35.3 Å². The molecule has 2 atom stereocenters. The number of aliphatic hydroxyl groups excluding tert-OH is 2. The molecule has 0 bridgehead atoms. The van der Waals surface area contributed by atoms with E-state index in [1.54, 1.807) is 41.5 Å². The zero-order chi connectivity index (χ0) is 56.5. The molecular formula is C72H66N4O4S3. The lowest BCUT2D eigenvalue weighted by atomic mass is 9.99. The lowest BCUT2D eigenvalue weighted by Gasteiger charge is -2.17. The first-order valence-electron chi connectivity index (χ1n) is 28.7. The molecule has 0 saturated heterocycles. The van der Waals surface area contributed by atoms with Crippen molar-refractivity contribution in [3.63, 3.8) is 0 Å². The van der Waals surface area contributed by atoms with Crippen LogP contribution in [0, 0.1) is 0 Å². The minimum absolute atomic E-state index is 0.132. The topological polar surface area (TPSA) is 93.5 Å². The highest BCUT2D eigenvalue weighted by molar-refractivity contribution is 8.00. The normalized spacial score (nSPS) is 12.8. The average Bonchev–Trinajstić information content (AvgIpc) is 4.28. The highest BCUT2D eigenvalue weighted by Gasteiger charge is 2.17. The van der Waals surface area contributed by atoms with Crippen molar-refractivity contribution in [1.29, 1.82) is 0 Å². The van der Waals surface area contributed by atoms with E-state index in [4.69, 9.17) is 9.47 Å². The first kappa shape index (κ1) is 55.7.